The van der Waals surface area contributed by atoms with E-state index >= 15 is 0 Å². The van der Waals surface area contributed by atoms with E-state index < -0.39 is 0 Å². The van der Waals surface area contributed by atoms with Gasteiger partial charge in [0.15, 0.2) is 0 Å². The molecule has 0 bridgehead atoms. The normalized spacial score (nSPS) is 10.1. The molecule has 0 saturated heterocycles. The molecular formula is C11H12N4O. The highest BCUT2D eigenvalue weighted by atomic mass is 16.1. The molecule has 1 amide bonds. The molecule has 0 fully saturated rings. The number of aromatic nitrogens is 2. The Balaban J connectivity index is 2.15. The van der Waals surface area contributed by atoms with Gasteiger partial charge in [-0.05, 0) is 19.1 Å². The van der Waals surface area contributed by atoms with Gasteiger partial charge in [-0.2, -0.15) is 5.10 Å². The van der Waals surface area contributed by atoms with Crippen LogP contribution in [-0.2, 0) is 0 Å². The lowest BCUT2D eigenvalue weighted by molar-refractivity contribution is 0.102. The number of H-pyrrole nitrogens is 1. The number of hydrogen-bond acceptors (Lipinski definition) is 3. The van der Waals surface area contributed by atoms with E-state index in [2.05, 4.69) is 15.5 Å². The first-order chi connectivity index (χ1) is 7.66. The molecule has 1 heterocycles. The van der Waals surface area contributed by atoms with Crippen LogP contribution in [0, 0.1) is 6.92 Å². The summed E-state index contributed by atoms with van der Waals surface area (Å²) >= 11 is 0. The highest BCUT2D eigenvalue weighted by molar-refractivity contribution is 6.05. The molecule has 0 radical (unpaired) electrons. The van der Waals surface area contributed by atoms with Crippen molar-refractivity contribution in [1.29, 1.82) is 0 Å². The number of hydrogen-bond donors (Lipinski definition) is 3. The molecule has 5 nitrogen and oxygen atoms in total. The molecule has 0 saturated carbocycles. The third-order valence-electron chi connectivity index (χ3n) is 2.23. The maximum atomic E-state index is 11.8. The van der Waals surface area contributed by atoms with Gasteiger partial charge in [0.2, 0.25) is 0 Å². The SMILES string of the molecule is Cc1ccc(C(=O)Nc2cn[nH]c2N)cc1. The minimum atomic E-state index is -0.201. The summed E-state index contributed by atoms with van der Waals surface area (Å²) in [6.45, 7) is 1.97. The molecule has 4 N–H and O–H groups in total. The molecule has 0 aliphatic rings. The van der Waals surface area contributed by atoms with Crippen molar-refractivity contribution in [2.75, 3.05) is 11.1 Å². The Labute approximate surface area is 92.7 Å². The first-order valence-electron chi connectivity index (χ1n) is 4.83. The molecule has 2 aromatic rings. The van der Waals surface area contributed by atoms with Gasteiger partial charge in [0.1, 0.15) is 11.5 Å². The number of aryl methyl sites for hydroxylation is 1. The Morgan fingerprint density at radius 1 is 1.38 bits per heavy atom. The van der Waals surface area contributed by atoms with Crippen LogP contribution >= 0.6 is 0 Å². The lowest BCUT2D eigenvalue weighted by Crippen LogP contribution is -2.12. The first kappa shape index (κ1) is 10.2. The molecule has 82 valence electrons. The van der Waals surface area contributed by atoms with E-state index in [1.165, 1.54) is 6.20 Å². The third-order valence-corrected chi connectivity index (χ3v) is 2.23. The summed E-state index contributed by atoms with van der Waals surface area (Å²) in [5.74, 6) is 0.147. The average molecular weight is 216 g/mol. The second-order valence-corrected chi connectivity index (χ2v) is 3.52. The van der Waals surface area contributed by atoms with Gasteiger partial charge in [-0.3, -0.25) is 9.89 Å². The summed E-state index contributed by atoms with van der Waals surface area (Å²) in [5, 5.41) is 8.93. The van der Waals surface area contributed by atoms with Gasteiger partial charge in [0.05, 0.1) is 6.20 Å². The van der Waals surface area contributed by atoms with Crippen molar-refractivity contribution in [2.24, 2.45) is 0 Å². The molecule has 0 aliphatic carbocycles. The predicted octanol–water partition coefficient (Wildman–Crippen LogP) is 1.55. The number of rotatable bonds is 2. The molecule has 2 rings (SSSR count). The molecule has 1 aromatic heterocycles. The molecular weight excluding hydrogens is 204 g/mol. The lowest BCUT2D eigenvalue weighted by Gasteiger charge is -2.03. The van der Waals surface area contributed by atoms with Crippen molar-refractivity contribution < 1.29 is 4.79 Å². The van der Waals surface area contributed by atoms with Crippen LogP contribution < -0.4 is 11.1 Å². The van der Waals surface area contributed by atoms with Crippen molar-refractivity contribution in [2.45, 2.75) is 6.92 Å². The van der Waals surface area contributed by atoms with Gasteiger partial charge in [-0.25, -0.2) is 0 Å². The van der Waals surface area contributed by atoms with Crippen LogP contribution in [0.25, 0.3) is 0 Å². The molecule has 0 spiro atoms. The summed E-state index contributed by atoms with van der Waals surface area (Å²) in [6, 6.07) is 7.29. The number of nitrogens with zero attached hydrogens (tertiary/aromatic N) is 1. The fourth-order valence-corrected chi connectivity index (χ4v) is 1.30. The van der Waals surface area contributed by atoms with Gasteiger partial charge in [-0.15, -0.1) is 0 Å². The second kappa shape index (κ2) is 4.06. The number of benzene rings is 1. The number of carbonyl (C=O) groups excluding carboxylic acids is 1. The van der Waals surface area contributed by atoms with E-state index in [1.807, 2.05) is 19.1 Å². The Morgan fingerprint density at radius 3 is 2.62 bits per heavy atom. The van der Waals surface area contributed by atoms with E-state index in [-0.39, 0.29) is 5.91 Å². The fourth-order valence-electron chi connectivity index (χ4n) is 1.30. The Bertz CT molecular complexity index is 501. The number of nitrogens with one attached hydrogen (secondary N) is 2. The molecule has 5 heteroatoms. The second-order valence-electron chi connectivity index (χ2n) is 3.52. The summed E-state index contributed by atoms with van der Waals surface area (Å²) in [6.07, 6.45) is 1.47. The van der Waals surface area contributed by atoms with E-state index in [0.717, 1.165) is 5.56 Å². The van der Waals surface area contributed by atoms with E-state index in [1.54, 1.807) is 12.1 Å². The van der Waals surface area contributed by atoms with E-state index in [9.17, 15) is 4.79 Å². The van der Waals surface area contributed by atoms with Crippen molar-refractivity contribution >= 4 is 17.4 Å². The van der Waals surface area contributed by atoms with Gasteiger partial charge in [0.25, 0.3) is 5.91 Å². The summed E-state index contributed by atoms with van der Waals surface area (Å²) in [5.41, 5.74) is 7.75. The van der Waals surface area contributed by atoms with E-state index in [0.29, 0.717) is 17.1 Å². The summed E-state index contributed by atoms with van der Waals surface area (Å²) in [7, 11) is 0. The topological polar surface area (TPSA) is 83.8 Å². The largest absolute Gasteiger partial charge is 0.382 e. The zero-order chi connectivity index (χ0) is 11.5. The molecule has 0 unspecified atom stereocenters. The van der Waals surface area contributed by atoms with Crippen LogP contribution in [0.4, 0.5) is 11.5 Å². The smallest absolute Gasteiger partial charge is 0.255 e. The third kappa shape index (κ3) is 2.03. The van der Waals surface area contributed by atoms with Crippen molar-refractivity contribution in [3.63, 3.8) is 0 Å². The monoisotopic (exact) mass is 216 g/mol. The number of amides is 1. The van der Waals surface area contributed by atoms with Crippen molar-refractivity contribution in [1.82, 2.24) is 10.2 Å². The zero-order valence-electron chi connectivity index (χ0n) is 8.82. The van der Waals surface area contributed by atoms with Gasteiger partial charge < -0.3 is 11.1 Å². The maximum Gasteiger partial charge on any atom is 0.255 e. The average Bonchev–Trinajstić information content (AvgIpc) is 2.65. The van der Waals surface area contributed by atoms with E-state index in [4.69, 9.17) is 5.73 Å². The Morgan fingerprint density at radius 2 is 2.06 bits per heavy atom. The van der Waals surface area contributed by atoms with Crippen LogP contribution in [-0.4, -0.2) is 16.1 Å². The lowest BCUT2D eigenvalue weighted by atomic mass is 10.1. The quantitative estimate of drug-likeness (QED) is 0.712. The first-order valence-corrected chi connectivity index (χ1v) is 4.83. The maximum absolute atomic E-state index is 11.8. The van der Waals surface area contributed by atoms with Crippen molar-refractivity contribution in [3.8, 4) is 0 Å². The van der Waals surface area contributed by atoms with Crippen LogP contribution in [0.3, 0.4) is 0 Å². The summed E-state index contributed by atoms with van der Waals surface area (Å²) in [4.78, 5) is 11.8. The molecule has 1 aromatic carbocycles. The van der Waals surface area contributed by atoms with Crippen molar-refractivity contribution in [3.05, 3.63) is 41.6 Å². The Hall–Kier alpha value is -2.30. The van der Waals surface area contributed by atoms with Gasteiger partial charge in [0, 0.05) is 5.56 Å². The number of aromatic amines is 1. The highest BCUT2D eigenvalue weighted by Crippen LogP contribution is 2.14. The van der Waals surface area contributed by atoms with Crippen LogP contribution in [0.5, 0.6) is 0 Å². The minimum Gasteiger partial charge on any atom is -0.382 e. The molecule has 0 atom stereocenters. The number of nitrogens with two attached hydrogens (primary N) is 1. The standard InChI is InChI=1S/C11H12N4O/c1-7-2-4-8(5-3-7)11(16)14-9-6-13-15-10(9)12/h2-6H,1H3,(H,14,16)(H3,12,13,15). The highest BCUT2D eigenvalue weighted by Gasteiger charge is 2.08. The molecule has 0 aliphatic heterocycles. The van der Waals surface area contributed by atoms with Gasteiger partial charge in [-0.1, -0.05) is 17.7 Å². The Kier molecular flexibility index (Phi) is 2.59. The number of carbonyl (C=O) groups is 1. The predicted molar refractivity (Wildman–Crippen MR) is 62.1 cm³/mol. The molecule has 16 heavy (non-hydrogen) atoms. The van der Waals surface area contributed by atoms with Crippen LogP contribution in [0.1, 0.15) is 15.9 Å². The minimum absolute atomic E-state index is 0.201. The summed E-state index contributed by atoms with van der Waals surface area (Å²) < 4.78 is 0. The van der Waals surface area contributed by atoms with Crippen LogP contribution in [0.15, 0.2) is 30.5 Å². The zero-order valence-corrected chi connectivity index (χ0v) is 8.82. The van der Waals surface area contributed by atoms with Crippen LogP contribution in [0.2, 0.25) is 0 Å². The fraction of sp³-hybridized carbons (Fsp3) is 0.0909. The number of anilines is 2. The number of nitrogen functional groups attached to an aromatic ring is 1. The van der Waals surface area contributed by atoms with Gasteiger partial charge >= 0.3 is 0 Å².